The molecule has 2 aromatic heterocycles. The zero-order valence-corrected chi connectivity index (χ0v) is 11.9. The second kappa shape index (κ2) is 5.99. The fourth-order valence-electron chi connectivity index (χ4n) is 1.60. The van der Waals surface area contributed by atoms with Gasteiger partial charge in [0, 0.05) is 11.1 Å². The van der Waals surface area contributed by atoms with Crippen molar-refractivity contribution in [3.05, 3.63) is 39.7 Å². The summed E-state index contributed by atoms with van der Waals surface area (Å²) in [6, 6.07) is 3.52. The quantitative estimate of drug-likeness (QED) is 0.853. The number of hydrogen-bond donors (Lipinski definition) is 1. The van der Waals surface area contributed by atoms with E-state index in [1.807, 2.05) is 20.0 Å². The van der Waals surface area contributed by atoms with Crippen LogP contribution in [0.2, 0.25) is 0 Å². The van der Waals surface area contributed by atoms with Gasteiger partial charge in [0.05, 0.1) is 19.7 Å². The van der Waals surface area contributed by atoms with E-state index in [2.05, 4.69) is 15.0 Å². The number of methoxy groups -OCH3 is 1. The van der Waals surface area contributed by atoms with Crippen molar-refractivity contribution in [3.63, 3.8) is 0 Å². The molecule has 1 N–H and O–H groups in total. The number of ether oxygens (including phenoxy) is 1. The summed E-state index contributed by atoms with van der Waals surface area (Å²) in [4.78, 5) is 16.8. The maximum atomic E-state index is 11.2. The summed E-state index contributed by atoms with van der Waals surface area (Å²) < 4.78 is 9.96. The SMILES string of the molecule is COC(=O)c1ccc(CNC(C)c2ncc(C)s2)o1. The third-order valence-electron chi connectivity index (χ3n) is 2.64. The molecule has 6 heteroatoms. The van der Waals surface area contributed by atoms with Gasteiger partial charge in [0.1, 0.15) is 10.8 Å². The molecule has 0 saturated carbocycles. The van der Waals surface area contributed by atoms with Gasteiger partial charge in [-0.15, -0.1) is 11.3 Å². The van der Waals surface area contributed by atoms with E-state index in [1.54, 1.807) is 23.5 Å². The van der Waals surface area contributed by atoms with Gasteiger partial charge < -0.3 is 14.5 Å². The van der Waals surface area contributed by atoms with Crippen LogP contribution in [0.3, 0.4) is 0 Å². The van der Waals surface area contributed by atoms with Crippen molar-refractivity contribution in [1.82, 2.24) is 10.3 Å². The molecule has 0 radical (unpaired) electrons. The molecule has 0 amide bonds. The van der Waals surface area contributed by atoms with Crippen LogP contribution in [-0.4, -0.2) is 18.1 Å². The summed E-state index contributed by atoms with van der Waals surface area (Å²) in [6.07, 6.45) is 1.86. The monoisotopic (exact) mass is 280 g/mol. The van der Waals surface area contributed by atoms with Crippen molar-refractivity contribution >= 4 is 17.3 Å². The lowest BCUT2D eigenvalue weighted by atomic mass is 10.3. The molecule has 0 fully saturated rings. The Bertz CT molecular complexity index is 562. The first-order chi connectivity index (χ1) is 9.10. The average Bonchev–Trinajstić information content (AvgIpc) is 3.04. The Kier molecular flexibility index (Phi) is 4.34. The van der Waals surface area contributed by atoms with Crippen LogP contribution in [0.25, 0.3) is 0 Å². The highest BCUT2D eigenvalue weighted by Crippen LogP contribution is 2.19. The van der Waals surface area contributed by atoms with Gasteiger partial charge in [-0.05, 0) is 26.0 Å². The number of furan rings is 1. The van der Waals surface area contributed by atoms with Crippen molar-refractivity contribution in [2.45, 2.75) is 26.4 Å². The zero-order chi connectivity index (χ0) is 13.8. The molecule has 1 atom stereocenters. The van der Waals surface area contributed by atoms with E-state index in [4.69, 9.17) is 4.42 Å². The second-order valence-electron chi connectivity index (χ2n) is 4.17. The van der Waals surface area contributed by atoms with Crippen molar-refractivity contribution in [2.75, 3.05) is 7.11 Å². The highest BCUT2D eigenvalue weighted by Gasteiger charge is 2.13. The van der Waals surface area contributed by atoms with Crippen molar-refractivity contribution in [3.8, 4) is 0 Å². The van der Waals surface area contributed by atoms with Crippen LogP contribution in [0.1, 0.15) is 39.2 Å². The lowest BCUT2D eigenvalue weighted by molar-refractivity contribution is 0.0563. The highest BCUT2D eigenvalue weighted by atomic mass is 32.1. The minimum Gasteiger partial charge on any atom is -0.463 e. The number of carbonyl (C=O) groups is 1. The van der Waals surface area contributed by atoms with E-state index in [0.29, 0.717) is 12.3 Å². The van der Waals surface area contributed by atoms with Gasteiger partial charge in [-0.25, -0.2) is 9.78 Å². The number of aryl methyl sites for hydroxylation is 1. The molecular weight excluding hydrogens is 264 g/mol. The maximum Gasteiger partial charge on any atom is 0.373 e. The topological polar surface area (TPSA) is 64.4 Å². The molecule has 0 saturated heterocycles. The van der Waals surface area contributed by atoms with Crippen molar-refractivity contribution < 1.29 is 13.9 Å². The highest BCUT2D eigenvalue weighted by molar-refractivity contribution is 7.11. The Morgan fingerprint density at radius 3 is 3.00 bits per heavy atom. The van der Waals surface area contributed by atoms with E-state index < -0.39 is 5.97 Å². The van der Waals surface area contributed by atoms with Crippen molar-refractivity contribution in [2.24, 2.45) is 0 Å². The van der Waals surface area contributed by atoms with Gasteiger partial charge >= 0.3 is 5.97 Å². The smallest absolute Gasteiger partial charge is 0.373 e. The fourth-order valence-corrected chi connectivity index (χ4v) is 2.40. The van der Waals surface area contributed by atoms with Gasteiger partial charge in [-0.1, -0.05) is 0 Å². The standard InChI is InChI=1S/C13H16N2O3S/c1-8-6-15-12(19-8)9(2)14-7-10-4-5-11(18-10)13(16)17-3/h4-6,9,14H,7H2,1-3H3. The number of rotatable bonds is 5. The largest absolute Gasteiger partial charge is 0.463 e. The van der Waals surface area contributed by atoms with Crippen LogP contribution in [0.4, 0.5) is 0 Å². The molecule has 2 rings (SSSR count). The molecule has 0 bridgehead atoms. The molecule has 0 aliphatic rings. The molecular formula is C13H16N2O3S. The number of nitrogens with zero attached hydrogens (tertiary/aromatic N) is 1. The first kappa shape index (κ1) is 13.8. The number of hydrogen-bond acceptors (Lipinski definition) is 6. The molecule has 5 nitrogen and oxygen atoms in total. The maximum absolute atomic E-state index is 11.2. The number of carbonyl (C=O) groups excluding carboxylic acids is 1. The molecule has 2 aromatic rings. The Hall–Kier alpha value is -1.66. The van der Waals surface area contributed by atoms with Gasteiger partial charge in [0.15, 0.2) is 0 Å². The number of thiazole rings is 1. The number of nitrogens with one attached hydrogen (secondary N) is 1. The minimum absolute atomic E-state index is 0.144. The van der Waals surface area contributed by atoms with Gasteiger partial charge in [0.25, 0.3) is 0 Å². The van der Waals surface area contributed by atoms with Gasteiger partial charge in [0.2, 0.25) is 5.76 Å². The predicted molar refractivity (Wildman–Crippen MR) is 72.2 cm³/mol. The molecule has 0 aliphatic carbocycles. The fraction of sp³-hybridized carbons (Fsp3) is 0.385. The lowest BCUT2D eigenvalue weighted by Gasteiger charge is -2.09. The summed E-state index contributed by atoms with van der Waals surface area (Å²) >= 11 is 1.67. The number of esters is 1. The summed E-state index contributed by atoms with van der Waals surface area (Å²) in [7, 11) is 1.33. The molecule has 2 heterocycles. The van der Waals surface area contributed by atoms with Crippen LogP contribution in [0.5, 0.6) is 0 Å². The molecule has 0 aliphatic heterocycles. The minimum atomic E-state index is -0.463. The Morgan fingerprint density at radius 2 is 2.37 bits per heavy atom. The molecule has 102 valence electrons. The van der Waals surface area contributed by atoms with Crippen LogP contribution >= 0.6 is 11.3 Å². The Balaban J connectivity index is 1.91. The van der Waals surface area contributed by atoms with E-state index in [0.717, 1.165) is 5.01 Å². The first-order valence-corrected chi connectivity index (χ1v) is 6.74. The van der Waals surface area contributed by atoms with Crippen LogP contribution < -0.4 is 5.32 Å². The van der Waals surface area contributed by atoms with Gasteiger partial charge in [-0.2, -0.15) is 0 Å². The van der Waals surface area contributed by atoms with Crippen LogP contribution in [-0.2, 0) is 11.3 Å². The van der Waals surface area contributed by atoms with E-state index in [-0.39, 0.29) is 11.8 Å². The predicted octanol–water partition coefficient (Wildman–Crippen LogP) is 2.68. The zero-order valence-electron chi connectivity index (χ0n) is 11.1. The van der Waals surface area contributed by atoms with E-state index in [1.165, 1.54) is 12.0 Å². The van der Waals surface area contributed by atoms with Crippen LogP contribution in [0.15, 0.2) is 22.7 Å². The summed E-state index contributed by atoms with van der Waals surface area (Å²) in [5.41, 5.74) is 0. The average molecular weight is 280 g/mol. The molecule has 0 aromatic carbocycles. The first-order valence-electron chi connectivity index (χ1n) is 5.93. The number of aromatic nitrogens is 1. The molecule has 19 heavy (non-hydrogen) atoms. The third-order valence-corrected chi connectivity index (χ3v) is 3.74. The Labute approximate surface area is 115 Å². The van der Waals surface area contributed by atoms with E-state index >= 15 is 0 Å². The lowest BCUT2D eigenvalue weighted by Crippen LogP contribution is -2.17. The van der Waals surface area contributed by atoms with Crippen molar-refractivity contribution in [1.29, 1.82) is 0 Å². The third kappa shape index (κ3) is 3.42. The molecule has 1 unspecified atom stereocenters. The summed E-state index contributed by atoms with van der Waals surface area (Å²) in [5.74, 6) is 0.451. The Morgan fingerprint density at radius 1 is 1.58 bits per heavy atom. The second-order valence-corrected chi connectivity index (χ2v) is 5.44. The normalized spacial score (nSPS) is 12.4. The summed E-state index contributed by atoms with van der Waals surface area (Å²) in [5, 5.41) is 4.34. The van der Waals surface area contributed by atoms with E-state index in [9.17, 15) is 4.79 Å². The van der Waals surface area contributed by atoms with Gasteiger partial charge in [-0.3, -0.25) is 0 Å². The molecule has 0 spiro atoms. The van der Waals surface area contributed by atoms with Crippen LogP contribution in [0, 0.1) is 6.92 Å². The summed E-state index contributed by atoms with van der Waals surface area (Å²) in [6.45, 7) is 4.61.